The van der Waals surface area contributed by atoms with Crippen LogP contribution in [-0.4, -0.2) is 36.5 Å². The molecule has 4 fully saturated rings. The topological polar surface area (TPSA) is 93.7 Å². The van der Waals surface area contributed by atoms with Crippen molar-refractivity contribution in [1.82, 2.24) is 10.6 Å². The third-order valence-corrected chi connectivity index (χ3v) is 12.4. The molecule has 7 nitrogen and oxygen atoms in total. The molecule has 4 saturated carbocycles. The summed E-state index contributed by atoms with van der Waals surface area (Å²) in [7, 11) is 0. The average Bonchev–Trinajstić information content (AvgIpc) is 3.69. The summed E-state index contributed by atoms with van der Waals surface area (Å²) in [6.07, 6.45) is 8.12. The summed E-state index contributed by atoms with van der Waals surface area (Å²) >= 11 is 6.42. The zero-order chi connectivity index (χ0) is 34.3. The zero-order valence-corrected chi connectivity index (χ0v) is 29.1. The Morgan fingerprint density at radius 3 is 2.43 bits per heavy atom. The van der Waals surface area contributed by atoms with Crippen molar-refractivity contribution in [3.05, 3.63) is 76.6 Å². The van der Waals surface area contributed by atoms with Crippen LogP contribution >= 0.6 is 11.6 Å². The third-order valence-electron chi connectivity index (χ3n) is 12.1. The molecule has 0 unspecified atom stereocenters. The summed E-state index contributed by atoms with van der Waals surface area (Å²) in [4.78, 5) is 40.3. The number of ether oxygens (including phenoxy) is 2. The molecule has 0 heterocycles. The molecule has 3 aromatic rings. The fourth-order valence-electron chi connectivity index (χ4n) is 8.74. The lowest BCUT2D eigenvalue weighted by molar-refractivity contribution is -0.159. The average molecular weight is 689 g/mol. The van der Waals surface area contributed by atoms with Gasteiger partial charge in [-0.05, 0) is 110 Å². The highest BCUT2D eigenvalue weighted by Gasteiger charge is 2.52. The van der Waals surface area contributed by atoms with Crippen molar-refractivity contribution in [2.45, 2.75) is 96.8 Å². The Balaban J connectivity index is 0.959. The van der Waals surface area contributed by atoms with Crippen molar-refractivity contribution in [2.75, 3.05) is 6.54 Å². The van der Waals surface area contributed by atoms with Gasteiger partial charge in [0, 0.05) is 12.6 Å². The van der Waals surface area contributed by atoms with Crippen LogP contribution in [0.15, 0.2) is 54.6 Å². The van der Waals surface area contributed by atoms with Gasteiger partial charge in [0.1, 0.15) is 6.61 Å². The molecule has 0 aromatic heterocycles. The van der Waals surface area contributed by atoms with Crippen LogP contribution in [0.3, 0.4) is 0 Å². The van der Waals surface area contributed by atoms with E-state index in [2.05, 4.69) is 17.6 Å². The zero-order valence-electron chi connectivity index (χ0n) is 28.4. The molecule has 0 radical (unpaired) electrons. The standard InChI is InChI=1S/C40H46ClFN2O5/c1-39(15-6-16-39)23-43-37(46)34-25-11-12-26(19-25)35(34)44-36(45)30-20-33(32(42)21-31(30)41)49-28-13-17-40(2,18-14-28)38(47)48-22-27-9-5-8-24-7-3-4-10-29(24)27/h3-5,7-10,20-21,25-26,28,34-35H,6,11-19,22-23H2,1-2H3,(H,43,46)(H,44,45)/t25-,26+,28-,34+,35-,40+/m1/s1. The minimum atomic E-state index is -0.673. The van der Waals surface area contributed by atoms with Gasteiger partial charge in [-0.15, -0.1) is 0 Å². The molecule has 2 bridgehead atoms. The van der Waals surface area contributed by atoms with Crippen LogP contribution in [0.2, 0.25) is 5.02 Å². The predicted molar refractivity (Wildman–Crippen MR) is 187 cm³/mol. The molecule has 4 aliphatic carbocycles. The first-order valence-corrected chi connectivity index (χ1v) is 18.3. The van der Waals surface area contributed by atoms with Gasteiger partial charge in [0.2, 0.25) is 5.91 Å². The molecular formula is C40H46ClFN2O5. The van der Waals surface area contributed by atoms with E-state index in [0.29, 0.717) is 32.2 Å². The second kappa shape index (κ2) is 13.6. The first-order chi connectivity index (χ1) is 23.5. The number of esters is 1. The summed E-state index contributed by atoms with van der Waals surface area (Å²) in [5.41, 5.74) is 0.581. The molecule has 0 aliphatic heterocycles. The van der Waals surface area contributed by atoms with Crippen LogP contribution in [-0.2, 0) is 20.9 Å². The first kappa shape index (κ1) is 33.8. The third kappa shape index (κ3) is 6.90. The van der Waals surface area contributed by atoms with E-state index in [4.69, 9.17) is 21.1 Å². The predicted octanol–water partition coefficient (Wildman–Crippen LogP) is 8.15. The largest absolute Gasteiger partial charge is 0.487 e. The van der Waals surface area contributed by atoms with Gasteiger partial charge in [-0.25, -0.2) is 4.39 Å². The van der Waals surface area contributed by atoms with E-state index in [1.54, 1.807) is 0 Å². The highest BCUT2D eigenvalue weighted by molar-refractivity contribution is 6.34. The number of hydrogen-bond acceptors (Lipinski definition) is 5. The van der Waals surface area contributed by atoms with Gasteiger partial charge in [0.25, 0.3) is 5.91 Å². The Morgan fingerprint density at radius 2 is 1.67 bits per heavy atom. The molecule has 2 amide bonds. The van der Waals surface area contributed by atoms with E-state index in [0.717, 1.165) is 54.5 Å². The molecule has 2 N–H and O–H groups in total. The molecule has 7 rings (SSSR count). The molecule has 4 aliphatic rings. The normalized spacial score (nSPS) is 28.4. The lowest BCUT2D eigenvalue weighted by Crippen LogP contribution is -2.51. The lowest BCUT2D eigenvalue weighted by atomic mass is 9.70. The van der Waals surface area contributed by atoms with Crippen molar-refractivity contribution in [2.24, 2.45) is 28.6 Å². The second-order valence-electron chi connectivity index (χ2n) is 15.6. The van der Waals surface area contributed by atoms with Gasteiger partial charge < -0.3 is 20.1 Å². The number of hydrogen-bond donors (Lipinski definition) is 2. The van der Waals surface area contributed by atoms with Gasteiger partial charge in [0.15, 0.2) is 11.6 Å². The fourth-order valence-corrected chi connectivity index (χ4v) is 8.98. The Hall–Kier alpha value is -3.65. The number of nitrogens with one attached hydrogen (secondary N) is 2. The van der Waals surface area contributed by atoms with Crippen molar-refractivity contribution < 1.29 is 28.2 Å². The molecular weight excluding hydrogens is 643 g/mol. The lowest BCUT2D eigenvalue weighted by Gasteiger charge is -2.39. The van der Waals surface area contributed by atoms with E-state index in [9.17, 15) is 14.4 Å². The van der Waals surface area contributed by atoms with E-state index in [1.165, 1.54) is 12.5 Å². The molecule has 0 spiro atoms. The van der Waals surface area contributed by atoms with Crippen LogP contribution in [0.5, 0.6) is 5.75 Å². The van der Waals surface area contributed by atoms with Crippen LogP contribution in [0.25, 0.3) is 10.8 Å². The maximum atomic E-state index is 15.1. The summed E-state index contributed by atoms with van der Waals surface area (Å²) in [5, 5.41) is 8.46. The van der Waals surface area contributed by atoms with E-state index in [-0.39, 0.29) is 70.1 Å². The maximum absolute atomic E-state index is 15.1. The number of amides is 2. The number of rotatable bonds is 10. The molecule has 49 heavy (non-hydrogen) atoms. The quantitative estimate of drug-likeness (QED) is 0.210. The van der Waals surface area contributed by atoms with Gasteiger partial charge >= 0.3 is 5.97 Å². The maximum Gasteiger partial charge on any atom is 0.312 e. The van der Waals surface area contributed by atoms with Gasteiger partial charge in [-0.3, -0.25) is 14.4 Å². The molecule has 9 heteroatoms. The minimum Gasteiger partial charge on any atom is -0.487 e. The van der Waals surface area contributed by atoms with E-state index >= 15 is 4.39 Å². The van der Waals surface area contributed by atoms with Crippen LogP contribution in [0.4, 0.5) is 4.39 Å². The van der Waals surface area contributed by atoms with Crippen molar-refractivity contribution in [1.29, 1.82) is 0 Å². The summed E-state index contributed by atoms with van der Waals surface area (Å²) in [6, 6.07) is 16.2. The van der Waals surface area contributed by atoms with Crippen LogP contribution in [0.1, 0.15) is 94.0 Å². The van der Waals surface area contributed by atoms with E-state index < -0.39 is 17.1 Å². The molecule has 4 atom stereocenters. The summed E-state index contributed by atoms with van der Waals surface area (Å²) in [5.74, 6) is -1.16. The number of carbonyl (C=O) groups excluding carboxylic acids is 3. The Morgan fingerprint density at radius 1 is 0.939 bits per heavy atom. The second-order valence-corrected chi connectivity index (χ2v) is 16.0. The number of halogens is 2. The summed E-state index contributed by atoms with van der Waals surface area (Å²) in [6.45, 7) is 4.99. The minimum absolute atomic E-state index is 0.00502. The Kier molecular flexibility index (Phi) is 9.37. The fraction of sp³-hybridized carbons (Fsp3) is 0.525. The number of fused-ring (bicyclic) bond motifs is 3. The van der Waals surface area contributed by atoms with Gasteiger partial charge in [-0.2, -0.15) is 0 Å². The molecule has 260 valence electrons. The molecule has 0 saturated heterocycles. The highest BCUT2D eigenvalue weighted by Crippen LogP contribution is 2.49. The smallest absolute Gasteiger partial charge is 0.312 e. The summed E-state index contributed by atoms with van der Waals surface area (Å²) < 4.78 is 27.1. The van der Waals surface area contributed by atoms with Crippen molar-refractivity contribution in [3.63, 3.8) is 0 Å². The number of benzene rings is 3. The highest BCUT2D eigenvalue weighted by atomic mass is 35.5. The van der Waals surface area contributed by atoms with Crippen LogP contribution in [0, 0.1) is 34.4 Å². The first-order valence-electron chi connectivity index (χ1n) is 17.9. The van der Waals surface area contributed by atoms with E-state index in [1.807, 2.05) is 49.4 Å². The monoisotopic (exact) mass is 688 g/mol. The van der Waals surface area contributed by atoms with Crippen molar-refractivity contribution in [3.8, 4) is 5.75 Å². The van der Waals surface area contributed by atoms with Gasteiger partial charge in [0.05, 0.1) is 28.0 Å². The molecule has 3 aromatic carbocycles. The van der Waals surface area contributed by atoms with Crippen LogP contribution < -0.4 is 15.4 Å². The van der Waals surface area contributed by atoms with Gasteiger partial charge in [-0.1, -0.05) is 67.4 Å². The SMILES string of the molecule is CC1(CNC(=O)[C@H]2[C@@H]3CC[C@@H](C3)[C@H]2NC(=O)c2cc(O[C@H]3CC[C@@](C)(C(=O)OCc4cccc5ccccc45)CC3)c(F)cc2Cl)CCC1. The number of carbonyl (C=O) groups is 3. The Bertz CT molecular complexity index is 1740. The Labute approximate surface area is 292 Å². The van der Waals surface area contributed by atoms with Crippen molar-refractivity contribution >= 4 is 40.2 Å².